The van der Waals surface area contributed by atoms with Crippen LogP contribution in [0.25, 0.3) is 16.9 Å². The van der Waals surface area contributed by atoms with Gasteiger partial charge >= 0.3 is 0 Å². The van der Waals surface area contributed by atoms with Crippen molar-refractivity contribution in [3.05, 3.63) is 65.7 Å². The zero-order valence-electron chi connectivity index (χ0n) is 17.1. The maximum absolute atomic E-state index is 12.7. The van der Waals surface area contributed by atoms with Gasteiger partial charge in [0.2, 0.25) is 0 Å². The summed E-state index contributed by atoms with van der Waals surface area (Å²) >= 11 is 0. The number of morpholine rings is 1. The van der Waals surface area contributed by atoms with E-state index in [2.05, 4.69) is 23.5 Å². The largest absolute Gasteiger partial charge is 0.370 e. The van der Waals surface area contributed by atoms with E-state index < -0.39 is 0 Å². The second kappa shape index (κ2) is 8.42. The van der Waals surface area contributed by atoms with Crippen molar-refractivity contribution in [1.29, 1.82) is 0 Å². The number of quaternary nitrogens is 1. The zero-order chi connectivity index (χ0) is 20.3. The Balaban J connectivity index is 1.44. The molecule has 3 aromatic rings. The molecule has 5 rings (SSSR count). The van der Waals surface area contributed by atoms with Crippen molar-refractivity contribution in [2.45, 2.75) is 19.3 Å². The van der Waals surface area contributed by atoms with Crippen molar-refractivity contribution in [2.75, 3.05) is 38.2 Å². The summed E-state index contributed by atoms with van der Waals surface area (Å²) in [5.74, 6) is 0.707. The van der Waals surface area contributed by atoms with E-state index in [0.29, 0.717) is 25.6 Å². The van der Waals surface area contributed by atoms with Gasteiger partial charge in [0.15, 0.2) is 6.54 Å². The maximum Gasteiger partial charge on any atom is 0.280 e. The van der Waals surface area contributed by atoms with Gasteiger partial charge in [-0.3, -0.25) is 4.79 Å². The van der Waals surface area contributed by atoms with Crippen LogP contribution in [-0.4, -0.2) is 48.5 Å². The van der Waals surface area contributed by atoms with Crippen LogP contribution in [-0.2, 0) is 22.4 Å². The van der Waals surface area contributed by atoms with E-state index in [1.165, 1.54) is 28.9 Å². The van der Waals surface area contributed by atoms with Gasteiger partial charge in [-0.05, 0) is 48.6 Å². The number of carbonyl (C=O) groups excluding carboxylic acids is 1. The molecular weight excluding hydrogens is 376 g/mol. The molecule has 1 amide bonds. The molecule has 0 saturated carbocycles. The van der Waals surface area contributed by atoms with E-state index in [-0.39, 0.29) is 5.91 Å². The number of fused-ring (bicyclic) bond motifs is 1. The summed E-state index contributed by atoms with van der Waals surface area (Å²) in [6.45, 7) is 3.61. The Labute approximate surface area is 176 Å². The molecule has 30 heavy (non-hydrogen) atoms. The summed E-state index contributed by atoms with van der Waals surface area (Å²) in [4.78, 5) is 14.0. The fraction of sp³-hybridized carbons (Fsp3) is 0.333. The Kier molecular flexibility index (Phi) is 5.34. The van der Waals surface area contributed by atoms with Crippen LogP contribution in [0.2, 0.25) is 0 Å². The number of rotatable bonds is 5. The molecule has 0 radical (unpaired) electrons. The Bertz CT molecular complexity index is 1040. The third kappa shape index (κ3) is 4.01. The van der Waals surface area contributed by atoms with E-state index in [4.69, 9.17) is 9.84 Å². The van der Waals surface area contributed by atoms with Gasteiger partial charge in [0.25, 0.3) is 5.91 Å². The topological polar surface area (TPSA) is 60.6 Å². The van der Waals surface area contributed by atoms with Gasteiger partial charge in [-0.15, -0.1) is 0 Å². The predicted molar refractivity (Wildman–Crippen MR) is 116 cm³/mol. The average Bonchev–Trinajstić information content (AvgIpc) is 3.41. The van der Waals surface area contributed by atoms with Crippen LogP contribution in [0.15, 0.2) is 54.6 Å². The molecule has 2 heterocycles. The normalized spacial score (nSPS) is 16.4. The highest BCUT2D eigenvalue weighted by atomic mass is 16.5. The van der Waals surface area contributed by atoms with E-state index in [1.807, 2.05) is 41.1 Å². The van der Waals surface area contributed by atoms with Gasteiger partial charge in [0, 0.05) is 11.6 Å². The van der Waals surface area contributed by atoms with E-state index in [0.717, 1.165) is 36.5 Å². The van der Waals surface area contributed by atoms with Gasteiger partial charge in [-0.2, -0.15) is 5.10 Å². The molecule has 1 saturated heterocycles. The quantitative estimate of drug-likeness (QED) is 0.684. The first-order valence-electron chi connectivity index (χ1n) is 10.7. The SMILES string of the molecule is O=C(C[NH+]1CCOCC1)Nc1cc(-c2ccc3c(c2)CCC3)nn1-c1ccccc1. The summed E-state index contributed by atoms with van der Waals surface area (Å²) in [7, 11) is 0. The number of ether oxygens (including phenoxy) is 1. The first-order chi connectivity index (χ1) is 14.8. The predicted octanol–water partition coefficient (Wildman–Crippen LogP) is 1.88. The zero-order valence-corrected chi connectivity index (χ0v) is 17.1. The van der Waals surface area contributed by atoms with Crippen molar-refractivity contribution < 1.29 is 14.4 Å². The molecule has 0 spiro atoms. The minimum absolute atomic E-state index is 0.00415. The monoisotopic (exact) mass is 403 g/mol. The molecular formula is C24H27N4O2+. The molecule has 2 aliphatic rings. The molecule has 1 fully saturated rings. The lowest BCUT2D eigenvalue weighted by molar-refractivity contribution is -0.899. The highest BCUT2D eigenvalue weighted by molar-refractivity contribution is 5.91. The van der Waals surface area contributed by atoms with Crippen molar-refractivity contribution in [1.82, 2.24) is 9.78 Å². The van der Waals surface area contributed by atoms with Gasteiger partial charge < -0.3 is 15.0 Å². The molecule has 0 unspecified atom stereocenters. The third-order valence-electron chi connectivity index (χ3n) is 5.98. The highest BCUT2D eigenvalue weighted by Crippen LogP contribution is 2.29. The van der Waals surface area contributed by atoms with Crippen LogP contribution in [0.3, 0.4) is 0 Å². The summed E-state index contributed by atoms with van der Waals surface area (Å²) in [5, 5.41) is 7.95. The number of benzene rings is 2. The summed E-state index contributed by atoms with van der Waals surface area (Å²) < 4.78 is 7.22. The molecule has 154 valence electrons. The number of carbonyl (C=O) groups is 1. The fourth-order valence-corrected chi connectivity index (χ4v) is 4.36. The molecule has 0 atom stereocenters. The lowest BCUT2D eigenvalue weighted by Gasteiger charge is -2.23. The van der Waals surface area contributed by atoms with E-state index in [9.17, 15) is 4.79 Å². The van der Waals surface area contributed by atoms with Gasteiger partial charge in [-0.25, -0.2) is 4.68 Å². The van der Waals surface area contributed by atoms with Crippen LogP contribution in [0.1, 0.15) is 17.5 Å². The number of amides is 1. The van der Waals surface area contributed by atoms with Crippen molar-refractivity contribution in [2.24, 2.45) is 0 Å². The number of hydrogen-bond acceptors (Lipinski definition) is 3. The van der Waals surface area contributed by atoms with Crippen LogP contribution in [0.4, 0.5) is 5.82 Å². The summed E-state index contributed by atoms with van der Waals surface area (Å²) in [6.07, 6.45) is 3.52. The number of aryl methyl sites for hydroxylation is 2. The second-order valence-electron chi connectivity index (χ2n) is 8.09. The van der Waals surface area contributed by atoms with Gasteiger partial charge in [0.05, 0.1) is 24.6 Å². The first-order valence-corrected chi connectivity index (χ1v) is 10.7. The first kappa shape index (κ1) is 19.0. The molecule has 1 aromatic heterocycles. The van der Waals surface area contributed by atoms with Crippen molar-refractivity contribution in [3.63, 3.8) is 0 Å². The number of para-hydroxylation sites is 1. The van der Waals surface area contributed by atoms with E-state index >= 15 is 0 Å². The Morgan fingerprint density at radius 3 is 2.67 bits per heavy atom. The van der Waals surface area contributed by atoms with Crippen LogP contribution in [0.5, 0.6) is 0 Å². The Morgan fingerprint density at radius 2 is 1.83 bits per heavy atom. The molecule has 6 nitrogen and oxygen atoms in total. The van der Waals surface area contributed by atoms with Crippen LogP contribution >= 0.6 is 0 Å². The third-order valence-corrected chi connectivity index (χ3v) is 5.98. The summed E-state index contributed by atoms with van der Waals surface area (Å²) in [5.41, 5.74) is 5.77. The standard InChI is InChI=1S/C24H26N4O2/c29-24(17-27-11-13-30-14-12-27)25-23-16-22(26-28(23)21-7-2-1-3-8-21)20-10-9-18-5-4-6-19(18)15-20/h1-3,7-10,15-16H,4-6,11-14,17H2,(H,25,29)/p+1. The maximum atomic E-state index is 12.7. The van der Waals surface area contributed by atoms with Gasteiger partial charge in [-0.1, -0.05) is 30.3 Å². The molecule has 2 aromatic carbocycles. The number of nitrogens with one attached hydrogen (secondary N) is 2. The fourth-order valence-electron chi connectivity index (χ4n) is 4.36. The lowest BCUT2D eigenvalue weighted by Crippen LogP contribution is -3.15. The average molecular weight is 404 g/mol. The number of nitrogens with zero attached hydrogens (tertiary/aromatic N) is 2. The Morgan fingerprint density at radius 1 is 1.03 bits per heavy atom. The number of aromatic nitrogens is 2. The molecule has 1 aliphatic heterocycles. The number of anilines is 1. The van der Waals surface area contributed by atoms with Gasteiger partial charge in [0.1, 0.15) is 18.9 Å². The molecule has 2 N–H and O–H groups in total. The molecule has 6 heteroatoms. The number of hydrogen-bond donors (Lipinski definition) is 2. The highest BCUT2D eigenvalue weighted by Gasteiger charge is 2.20. The molecule has 0 bridgehead atoms. The van der Waals surface area contributed by atoms with Crippen LogP contribution < -0.4 is 10.2 Å². The molecule has 1 aliphatic carbocycles. The second-order valence-corrected chi connectivity index (χ2v) is 8.09. The summed E-state index contributed by atoms with van der Waals surface area (Å²) in [6, 6.07) is 18.6. The lowest BCUT2D eigenvalue weighted by atomic mass is 10.0. The minimum Gasteiger partial charge on any atom is -0.370 e. The smallest absolute Gasteiger partial charge is 0.280 e. The van der Waals surface area contributed by atoms with Crippen molar-refractivity contribution >= 4 is 11.7 Å². The van der Waals surface area contributed by atoms with E-state index in [1.54, 1.807) is 0 Å². The van der Waals surface area contributed by atoms with Crippen LogP contribution in [0, 0.1) is 0 Å². The minimum atomic E-state index is 0.00415. The Hall–Kier alpha value is -2.96. The van der Waals surface area contributed by atoms with Crippen molar-refractivity contribution in [3.8, 4) is 16.9 Å².